The van der Waals surface area contributed by atoms with Crippen molar-refractivity contribution in [3.8, 4) is 0 Å². The number of anilines is 1. The van der Waals surface area contributed by atoms with Crippen LogP contribution in [0.3, 0.4) is 0 Å². The summed E-state index contributed by atoms with van der Waals surface area (Å²) in [5, 5.41) is 2.09. The maximum atomic E-state index is 12.3. The fourth-order valence-electron chi connectivity index (χ4n) is 2.33. The second-order valence-electron chi connectivity index (χ2n) is 4.92. The van der Waals surface area contributed by atoms with E-state index in [1.54, 1.807) is 17.0 Å². The Balaban J connectivity index is 2.00. The van der Waals surface area contributed by atoms with E-state index in [-0.39, 0.29) is 24.3 Å². The number of carbonyl (C=O) groups is 3. The van der Waals surface area contributed by atoms with Crippen LogP contribution in [0.4, 0.5) is 5.69 Å². The van der Waals surface area contributed by atoms with Crippen molar-refractivity contribution in [2.45, 2.75) is 32.4 Å². The van der Waals surface area contributed by atoms with E-state index >= 15 is 0 Å². The van der Waals surface area contributed by atoms with Crippen LogP contribution < -0.4 is 11.1 Å². The number of nitrogens with one attached hydrogen (secondary N) is 1. The van der Waals surface area contributed by atoms with Crippen molar-refractivity contribution in [2.75, 3.05) is 5.73 Å². The molecule has 106 valence electrons. The van der Waals surface area contributed by atoms with Gasteiger partial charge in [0, 0.05) is 30.3 Å². The third-order valence-electron chi connectivity index (χ3n) is 3.51. The topological polar surface area (TPSA) is 92.5 Å². The molecular formula is C14H17N3O3. The first kappa shape index (κ1) is 14.0. The smallest absolute Gasteiger partial charge is 0.254 e. The molecule has 0 aromatic heterocycles. The number of amides is 3. The van der Waals surface area contributed by atoms with E-state index in [4.69, 9.17) is 5.73 Å². The van der Waals surface area contributed by atoms with Crippen molar-refractivity contribution in [3.05, 3.63) is 29.3 Å². The summed E-state index contributed by atoms with van der Waals surface area (Å²) in [7, 11) is 0. The van der Waals surface area contributed by atoms with Gasteiger partial charge in [-0.1, -0.05) is 6.07 Å². The van der Waals surface area contributed by atoms with Crippen molar-refractivity contribution < 1.29 is 14.4 Å². The molecule has 1 atom stereocenters. The Labute approximate surface area is 116 Å². The van der Waals surface area contributed by atoms with Gasteiger partial charge in [-0.3, -0.25) is 19.7 Å². The minimum atomic E-state index is -0.333. The number of benzene rings is 1. The number of nitrogens with zero attached hydrogens (tertiary/aromatic N) is 1. The molecule has 2 rings (SSSR count). The number of carbonyl (C=O) groups excluding carboxylic acids is 3. The first-order chi connectivity index (χ1) is 9.52. The van der Waals surface area contributed by atoms with E-state index in [1.165, 1.54) is 0 Å². The van der Waals surface area contributed by atoms with Gasteiger partial charge in [-0.05, 0) is 31.0 Å². The Morgan fingerprint density at radius 1 is 1.55 bits per heavy atom. The first-order valence-electron chi connectivity index (χ1n) is 6.45. The SMILES string of the molecule is CC(CCC(=O)NC=O)N1Cc2ccc(N)cc2C1=O. The minimum absolute atomic E-state index is 0.0596. The fourth-order valence-corrected chi connectivity index (χ4v) is 2.33. The lowest BCUT2D eigenvalue weighted by molar-refractivity contribution is -0.125. The van der Waals surface area contributed by atoms with E-state index in [0.29, 0.717) is 30.6 Å². The zero-order chi connectivity index (χ0) is 14.7. The molecular weight excluding hydrogens is 258 g/mol. The van der Waals surface area contributed by atoms with Crippen LogP contribution in [0, 0.1) is 0 Å². The molecule has 1 aliphatic rings. The molecule has 0 bridgehead atoms. The lowest BCUT2D eigenvalue weighted by Crippen LogP contribution is -2.34. The molecule has 6 nitrogen and oxygen atoms in total. The van der Waals surface area contributed by atoms with Gasteiger partial charge in [0.2, 0.25) is 12.3 Å². The van der Waals surface area contributed by atoms with Crippen LogP contribution in [0.5, 0.6) is 0 Å². The van der Waals surface area contributed by atoms with Gasteiger partial charge in [0.05, 0.1) is 0 Å². The third kappa shape index (κ3) is 2.79. The normalized spacial score (nSPS) is 14.8. The molecule has 0 spiro atoms. The van der Waals surface area contributed by atoms with Crippen LogP contribution in [-0.2, 0) is 16.1 Å². The van der Waals surface area contributed by atoms with Gasteiger partial charge >= 0.3 is 0 Å². The first-order valence-corrected chi connectivity index (χ1v) is 6.45. The lowest BCUT2D eigenvalue weighted by atomic mass is 10.1. The summed E-state index contributed by atoms with van der Waals surface area (Å²) in [5.41, 5.74) is 7.84. The van der Waals surface area contributed by atoms with Crippen LogP contribution in [0.1, 0.15) is 35.7 Å². The van der Waals surface area contributed by atoms with Gasteiger partial charge in [-0.15, -0.1) is 0 Å². The largest absolute Gasteiger partial charge is 0.399 e. The molecule has 3 amide bonds. The third-order valence-corrected chi connectivity index (χ3v) is 3.51. The molecule has 1 aromatic carbocycles. The molecule has 0 saturated heterocycles. The van der Waals surface area contributed by atoms with Gasteiger partial charge in [0.1, 0.15) is 0 Å². The van der Waals surface area contributed by atoms with Gasteiger partial charge in [0.15, 0.2) is 0 Å². The second kappa shape index (κ2) is 5.73. The van der Waals surface area contributed by atoms with Crippen LogP contribution in [0.15, 0.2) is 18.2 Å². The van der Waals surface area contributed by atoms with Crippen LogP contribution >= 0.6 is 0 Å². The lowest BCUT2D eigenvalue weighted by Gasteiger charge is -2.23. The van der Waals surface area contributed by atoms with Gasteiger partial charge in [-0.25, -0.2) is 0 Å². The molecule has 1 aliphatic heterocycles. The number of fused-ring (bicyclic) bond motifs is 1. The Morgan fingerprint density at radius 2 is 2.30 bits per heavy atom. The molecule has 3 N–H and O–H groups in total. The predicted molar refractivity (Wildman–Crippen MR) is 73.6 cm³/mol. The van der Waals surface area contributed by atoms with Crippen molar-refractivity contribution >= 4 is 23.9 Å². The number of hydrogen-bond acceptors (Lipinski definition) is 4. The highest BCUT2D eigenvalue weighted by molar-refractivity contribution is 5.99. The highest BCUT2D eigenvalue weighted by Crippen LogP contribution is 2.27. The van der Waals surface area contributed by atoms with Gasteiger partial charge < -0.3 is 10.6 Å². The Hall–Kier alpha value is -2.37. The number of rotatable bonds is 5. The average Bonchev–Trinajstić information content (AvgIpc) is 2.74. The number of imide groups is 1. The van der Waals surface area contributed by atoms with E-state index in [2.05, 4.69) is 5.32 Å². The summed E-state index contributed by atoms with van der Waals surface area (Å²) in [6.07, 6.45) is 1.09. The molecule has 0 fully saturated rings. The molecule has 6 heteroatoms. The summed E-state index contributed by atoms with van der Waals surface area (Å²) >= 11 is 0. The maximum absolute atomic E-state index is 12.3. The van der Waals surface area contributed by atoms with Crippen LogP contribution in [0.25, 0.3) is 0 Å². The molecule has 20 heavy (non-hydrogen) atoms. The van der Waals surface area contributed by atoms with Crippen LogP contribution in [-0.4, -0.2) is 29.2 Å². The highest BCUT2D eigenvalue weighted by Gasteiger charge is 2.30. The van der Waals surface area contributed by atoms with Crippen molar-refractivity contribution in [1.29, 1.82) is 0 Å². The van der Waals surface area contributed by atoms with E-state index in [0.717, 1.165) is 5.56 Å². The molecule has 1 unspecified atom stereocenters. The number of nitrogen functional groups attached to an aromatic ring is 1. The predicted octanol–water partition coefficient (Wildman–Crippen LogP) is 0.666. The standard InChI is InChI=1S/C14H17N3O3/c1-9(2-5-13(19)16-8-18)17-7-10-3-4-11(15)6-12(10)14(17)20/h3-4,6,8-9H,2,5,7,15H2,1H3,(H,16,18,19). The highest BCUT2D eigenvalue weighted by atomic mass is 16.2. The van der Waals surface area contributed by atoms with Gasteiger partial charge in [-0.2, -0.15) is 0 Å². The summed E-state index contributed by atoms with van der Waals surface area (Å²) < 4.78 is 0. The summed E-state index contributed by atoms with van der Waals surface area (Å²) in [6, 6.07) is 5.24. The summed E-state index contributed by atoms with van der Waals surface area (Å²) in [5.74, 6) is -0.393. The fraction of sp³-hybridized carbons (Fsp3) is 0.357. The summed E-state index contributed by atoms with van der Waals surface area (Å²) in [4.78, 5) is 35.4. The molecule has 1 aromatic rings. The molecule has 0 aliphatic carbocycles. The van der Waals surface area contributed by atoms with E-state index in [9.17, 15) is 14.4 Å². The Morgan fingerprint density at radius 3 is 3.00 bits per heavy atom. The molecule has 0 saturated carbocycles. The van der Waals surface area contributed by atoms with E-state index in [1.807, 2.05) is 13.0 Å². The minimum Gasteiger partial charge on any atom is -0.399 e. The van der Waals surface area contributed by atoms with Crippen molar-refractivity contribution in [1.82, 2.24) is 10.2 Å². The monoisotopic (exact) mass is 275 g/mol. The number of hydrogen-bond donors (Lipinski definition) is 2. The zero-order valence-corrected chi connectivity index (χ0v) is 11.3. The second-order valence-corrected chi connectivity index (χ2v) is 4.92. The molecule has 1 heterocycles. The number of nitrogens with two attached hydrogens (primary N) is 1. The molecule has 0 radical (unpaired) electrons. The quantitative estimate of drug-likeness (QED) is 0.610. The van der Waals surface area contributed by atoms with Gasteiger partial charge in [0.25, 0.3) is 5.91 Å². The van der Waals surface area contributed by atoms with Crippen molar-refractivity contribution in [2.24, 2.45) is 0 Å². The zero-order valence-electron chi connectivity index (χ0n) is 11.3. The van der Waals surface area contributed by atoms with E-state index < -0.39 is 0 Å². The Bertz CT molecular complexity index is 557. The summed E-state index contributed by atoms with van der Waals surface area (Å²) in [6.45, 7) is 2.42. The maximum Gasteiger partial charge on any atom is 0.254 e. The Kier molecular flexibility index (Phi) is 4.02. The average molecular weight is 275 g/mol. The van der Waals surface area contributed by atoms with Crippen LogP contribution in [0.2, 0.25) is 0 Å². The van der Waals surface area contributed by atoms with Crippen molar-refractivity contribution in [3.63, 3.8) is 0 Å².